The Hall–Kier alpha value is -1.09. The van der Waals surface area contributed by atoms with Crippen molar-refractivity contribution in [2.45, 2.75) is 45.2 Å². The second-order valence-electron chi connectivity index (χ2n) is 5.02. The highest BCUT2D eigenvalue weighted by Gasteiger charge is 2.18. The zero-order valence-corrected chi connectivity index (χ0v) is 10.5. The van der Waals surface area contributed by atoms with Gasteiger partial charge < -0.3 is 5.73 Å². The molecule has 94 valence electrons. The van der Waals surface area contributed by atoms with Crippen LogP contribution < -0.4 is 5.73 Å². The molecule has 1 fully saturated rings. The highest BCUT2D eigenvalue weighted by molar-refractivity contribution is 5.40. The van der Waals surface area contributed by atoms with Gasteiger partial charge in [-0.3, -0.25) is 4.90 Å². The summed E-state index contributed by atoms with van der Waals surface area (Å²) in [5.74, 6) is -0.179. The number of rotatable bonds is 2. The molecule has 0 spiro atoms. The normalized spacial score (nSPS) is 22.4. The van der Waals surface area contributed by atoms with Crippen molar-refractivity contribution in [1.82, 2.24) is 4.90 Å². The van der Waals surface area contributed by atoms with Crippen LogP contribution in [0.25, 0.3) is 0 Å². The Bertz CT molecular complexity index is 378. The first-order valence-electron chi connectivity index (χ1n) is 6.45. The molecule has 2 rings (SSSR count). The molecule has 0 aliphatic carbocycles. The number of nitrogens with zero attached hydrogens (tertiary/aromatic N) is 1. The molecule has 2 N–H and O–H groups in total. The molecule has 2 nitrogen and oxygen atoms in total. The lowest BCUT2D eigenvalue weighted by molar-refractivity contribution is 0.202. The van der Waals surface area contributed by atoms with Crippen molar-refractivity contribution >= 4 is 5.69 Å². The van der Waals surface area contributed by atoms with Crippen molar-refractivity contribution in [3.63, 3.8) is 0 Å². The molecule has 0 radical (unpaired) electrons. The molecule has 17 heavy (non-hydrogen) atoms. The van der Waals surface area contributed by atoms with Crippen LogP contribution in [-0.4, -0.2) is 17.5 Å². The topological polar surface area (TPSA) is 29.3 Å². The van der Waals surface area contributed by atoms with Gasteiger partial charge in [0.1, 0.15) is 5.82 Å². The molecule has 1 aromatic rings. The first-order valence-corrected chi connectivity index (χ1v) is 6.45. The number of likely N-dealkylation sites (tertiary alicyclic amines) is 1. The minimum atomic E-state index is -0.179. The van der Waals surface area contributed by atoms with Gasteiger partial charge in [0.2, 0.25) is 0 Å². The Morgan fingerprint density at radius 1 is 1.35 bits per heavy atom. The van der Waals surface area contributed by atoms with Crippen molar-refractivity contribution in [3.05, 3.63) is 29.6 Å². The van der Waals surface area contributed by atoms with Gasteiger partial charge in [-0.2, -0.15) is 0 Å². The number of nitrogen functional groups attached to an aromatic ring is 1. The minimum Gasteiger partial charge on any atom is -0.399 e. The van der Waals surface area contributed by atoms with E-state index in [1.807, 2.05) is 6.07 Å². The maximum absolute atomic E-state index is 13.7. The summed E-state index contributed by atoms with van der Waals surface area (Å²) in [6.45, 7) is 4.01. The van der Waals surface area contributed by atoms with Crippen LogP contribution in [0.2, 0.25) is 0 Å². The van der Waals surface area contributed by atoms with Crippen LogP contribution in [0, 0.1) is 5.82 Å². The van der Waals surface area contributed by atoms with E-state index in [9.17, 15) is 4.39 Å². The lowest BCUT2D eigenvalue weighted by Crippen LogP contribution is -2.32. The van der Waals surface area contributed by atoms with Gasteiger partial charge in [0.05, 0.1) is 0 Å². The van der Waals surface area contributed by atoms with E-state index in [2.05, 4.69) is 11.8 Å². The summed E-state index contributed by atoms with van der Waals surface area (Å²) >= 11 is 0. The maximum atomic E-state index is 13.7. The van der Waals surface area contributed by atoms with Gasteiger partial charge in [-0.1, -0.05) is 18.9 Å². The summed E-state index contributed by atoms with van der Waals surface area (Å²) < 4.78 is 13.7. The molecule has 0 saturated carbocycles. The fourth-order valence-electron chi connectivity index (χ4n) is 2.48. The molecule has 1 saturated heterocycles. The van der Waals surface area contributed by atoms with Gasteiger partial charge in [-0.05, 0) is 38.4 Å². The average molecular weight is 236 g/mol. The minimum absolute atomic E-state index is 0.179. The van der Waals surface area contributed by atoms with Crippen LogP contribution in [0.4, 0.5) is 10.1 Å². The fourth-order valence-corrected chi connectivity index (χ4v) is 2.48. The van der Waals surface area contributed by atoms with Crippen LogP contribution in [0.3, 0.4) is 0 Å². The lowest BCUT2D eigenvalue weighted by Gasteiger charge is -2.27. The third-order valence-electron chi connectivity index (χ3n) is 3.64. The summed E-state index contributed by atoms with van der Waals surface area (Å²) in [7, 11) is 0. The predicted molar refractivity (Wildman–Crippen MR) is 69.2 cm³/mol. The Morgan fingerprint density at radius 2 is 2.18 bits per heavy atom. The first-order chi connectivity index (χ1) is 8.16. The Balaban J connectivity index is 2.08. The van der Waals surface area contributed by atoms with E-state index < -0.39 is 0 Å². The molecule has 1 heterocycles. The predicted octanol–water partition coefficient (Wildman–Crippen LogP) is 3.17. The van der Waals surface area contributed by atoms with Crippen molar-refractivity contribution in [3.8, 4) is 0 Å². The Kier molecular flexibility index (Phi) is 4.00. The number of halogens is 1. The van der Waals surface area contributed by atoms with Crippen molar-refractivity contribution < 1.29 is 4.39 Å². The third kappa shape index (κ3) is 3.19. The van der Waals surface area contributed by atoms with Gasteiger partial charge in [0, 0.05) is 23.8 Å². The lowest BCUT2D eigenvalue weighted by atomic mass is 10.1. The quantitative estimate of drug-likeness (QED) is 0.799. The fraction of sp³-hybridized carbons (Fsp3) is 0.571. The average Bonchev–Trinajstić information content (AvgIpc) is 2.48. The molecule has 1 atom stereocenters. The molecule has 0 aromatic heterocycles. The molecule has 0 amide bonds. The number of hydrogen-bond donors (Lipinski definition) is 1. The van der Waals surface area contributed by atoms with E-state index in [4.69, 9.17) is 5.73 Å². The summed E-state index contributed by atoms with van der Waals surface area (Å²) in [4.78, 5) is 2.38. The van der Waals surface area contributed by atoms with Crippen LogP contribution in [0.1, 0.15) is 38.2 Å². The van der Waals surface area contributed by atoms with E-state index in [1.54, 1.807) is 6.07 Å². The largest absolute Gasteiger partial charge is 0.399 e. The third-order valence-corrected chi connectivity index (χ3v) is 3.64. The van der Waals surface area contributed by atoms with Gasteiger partial charge >= 0.3 is 0 Å². The summed E-state index contributed by atoms with van der Waals surface area (Å²) in [6.07, 6.45) is 5.03. The van der Waals surface area contributed by atoms with E-state index >= 15 is 0 Å². The molecule has 3 heteroatoms. The zero-order chi connectivity index (χ0) is 12.3. The highest BCUT2D eigenvalue weighted by atomic mass is 19.1. The van der Waals surface area contributed by atoms with Crippen molar-refractivity contribution in [2.24, 2.45) is 0 Å². The van der Waals surface area contributed by atoms with E-state index in [0.717, 1.165) is 12.1 Å². The van der Waals surface area contributed by atoms with Gasteiger partial charge in [-0.25, -0.2) is 4.39 Å². The van der Waals surface area contributed by atoms with Crippen LogP contribution >= 0.6 is 0 Å². The molecular formula is C14H21FN2. The maximum Gasteiger partial charge on any atom is 0.129 e. The van der Waals surface area contributed by atoms with Crippen molar-refractivity contribution in [2.75, 3.05) is 12.3 Å². The SMILES string of the molecule is CC1CCCCCN1Cc1ccc(N)cc1F. The number of benzene rings is 1. The molecule has 1 unspecified atom stereocenters. The summed E-state index contributed by atoms with van der Waals surface area (Å²) in [5, 5.41) is 0. The molecule has 1 aliphatic heterocycles. The van der Waals surface area contributed by atoms with Gasteiger partial charge in [0.25, 0.3) is 0 Å². The number of anilines is 1. The summed E-state index contributed by atoms with van der Waals surface area (Å²) in [5.41, 5.74) is 6.81. The monoisotopic (exact) mass is 236 g/mol. The van der Waals surface area contributed by atoms with Crippen molar-refractivity contribution in [1.29, 1.82) is 0 Å². The molecule has 1 aromatic carbocycles. The smallest absolute Gasteiger partial charge is 0.129 e. The Morgan fingerprint density at radius 3 is 2.94 bits per heavy atom. The number of nitrogens with two attached hydrogens (primary N) is 1. The molecule has 0 bridgehead atoms. The second-order valence-corrected chi connectivity index (χ2v) is 5.02. The van der Waals surface area contributed by atoms with Crippen LogP contribution in [0.5, 0.6) is 0 Å². The summed E-state index contributed by atoms with van der Waals surface area (Å²) in [6, 6.07) is 5.55. The van der Waals surface area contributed by atoms with E-state index in [-0.39, 0.29) is 5.82 Å². The van der Waals surface area contributed by atoms with Crippen LogP contribution in [0.15, 0.2) is 18.2 Å². The highest BCUT2D eigenvalue weighted by Crippen LogP contribution is 2.20. The van der Waals surface area contributed by atoms with Gasteiger partial charge in [-0.15, -0.1) is 0 Å². The molecule has 1 aliphatic rings. The molecular weight excluding hydrogens is 215 g/mol. The van der Waals surface area contributed by atoms with Gasteiger partial charge in [0.15, 0.2) is 0 Å². The van der Waals surface area contributed by atoms with E-state index in [1.165, 1.54) is 31.7 Å². The Labute approximate surface area is 103 Å². The second kappa shape index (κ2) is 5.50. The van der Waals surface area contributed by atoms with E-state index in [0.29, 0.717) is 18.3 Å². The zero-order valence-electron chi connectivity index (χ0n) is 10.5. The number of hydrogen-bond acceptors (Lipinski definition) is 2. The first kappa shape index (κ1) is 12.4. The standard InChI is InChI=1S/C14H21FN2/c1-11-5-3-2-4-8-17(11)10-12-6-7-13(16)9-14(12)15/h6-7,9,11H,2-5,8,10,16H2,1H3. The van der Waals surface area contributed by atoms with Crippen LogP contribution in [-0.2, 0) is 6.54 Å².